The summed E-state index contributed by atoms with van der Waals surface area (Å²) in [7, 11) is 0. The number of nitrogens with zero attached hydrogens (tertiary/aromatic N) is 5. The number of benzene rings is 2. The maximum absolute atomic E-state index is 13.6. The molecule has 0 aliphatic carbocycles. The number of urea groups is 1. The van der Waals surface area contributed by atoms with Crippen LogP contribution in [0.3, 0.4) is 0 Å². The monoisotopic (exact) mass is 497 g/mol. The molecule has 1 aliphatic rings. The van der Waals surface area contributed by atoms with E-state index in [2.05, 4.69) is 28.7 Å². The number of aromatic nitrogens is 2. The summed E-state index contributed by atoms with van der Waals surface area (Å²) in [5.41, 5.74) is 2.38. The number of hydrogen-bond acceptors (Lipinski definition) is 5. The van der Waals surface area contributed by atoms with Crippen LogP contribution in [-0.2, 0) is 23.5 Å². The predicted molar refractivity (Wildman–Crippen MR) is 137 cm³/mol. The van der Waals surface area contributed by atoms with Crippen molar-refractivity contribution in [3.05, 3.63) is 76.9 Å². The maximum Gasteiger partial charge on any atom is 0.344 e. The summed E-state index contributed by atoms with van der Waals surface area (Å²) < 4.78 is 13.0. The Balaban J connectivity index is 1.67. The third kappa shape index (κ3) is 5.36. The molecule has 1 atom stereocenters. The topological polar surface area (TPSA) is 75.6 Å². The minimum absolute atomic E-state index is 0.203. The van der Waals surface area contributed by atoms with Gasteiger partial charge in [0.2, 0.25) is 0 Å². The van der Waals surface area contributed by atoms with Crippen molar-refractivity contribution in [2.24, 2.45) is 0 Å². The summed E-state index contributed by atoms with van der Waals surface area (Å²) in [6.45, 7) is 7.41. The van der Waals surface area contributed by atoms with Crippen LogP contribution >= 0.6 is 11.6 Å². The van der Waals surface area contributed by atoms with Gasteiger partial charge in [-0.3, -0.25) is 9.80 Å². The third-order valence-electron chi connectivity index (χ3n) is 5.89. The molecule has 0 bridgehead atoms. The van der Waals surface area contributed by atoms with Crippen LogP contribution < -0.4 is 9.80 Å². The number of hydrogen-bond donors (Lipinski definition) is 0. The fourth-order valence-electron chi connectivity index (χ4n) is 3.94. The standard InChI is InChI=1S/C25H28ClN5O2S/c1-3-29(4-2)14-15-30-23-20(17-31(25(30)32)22-13-9-8-12-21(22)26)16-27-24(28-23)34(33)18-19-10-6-5-7-11-19/h5-13,16H,3-4,14-15,17-18H2,1-2H3. The minimum atomic E-state index is -1.43. The van der Waals surface area contributed by atoms with Gasteiger partial charge >= 0.3 is 11.2 Å². The van der Waals surface area contributed by atoms with Gasteiger partial charge in [-0.05, 0) is 25.2 Å². The van der Waals surface area contributed by atoms with E-state index in [1.54, 1.807) is 22.1 Å². The van der Waals surface area contributed by atoms with Crippen LogP contribution in [0.5, 0.6) is 0 Å². The zero-order valence-electron chi connectivity index (χ0n) is 19.4. The summed E-state index contributed by atoms with van der Waals surface area (Å²) >= 11 is 4.99. The van der Waals surface area contributed by atoms with Crippen LogP contribution in [0.15, 0.2) is 66.0 Å². The quantitative estimate of drug-likeness (QED) is 0.315. The van der Waals surface area contributed by atoms with Crippen molar-refractivity contribution in [1.29, 1.82) is 0 Å². The van der Waals surface area contributed by atoms with E-state index in [0.29, 0.717) is 41.9 Å². The molecular formula is C25H28ClN5O2S. The number of carbonyl (C=O) groups is 1. The van der Waals surface area contributed by atoms with E-state index in [0.717, 1.165) is 24.2 Å². The summed E-state index contributed by atoms with van der Waals surface area (Å²) in [5, 5.41) is 0.735. The van der Waals surface area contributed by atoms with Gasteiger partial charge in [0, 0.05) is 41.6 Å². The smallest absolute Gasteiger partial charge is 0.344 e. The van der Waals surface area contributed by atoms with Crippen molar-refractivity contribution in [3.63, 3.8) is 0 Å². The molecule has 7 nitrogen and oxygen atoms in total. The van der Waals surface area contributed by atoms with E-state index < -0.39 is 11.2 Å². The lowest BCUT2D eigenvalue weighted by Gasteiger charge is -2.37. The fraction of sp³-hybridized carbons (Fsp3) is 0.320. The molecule has 2 aromatic carbocycles. The Hall–Kier alpha value is -2.65. The molecule has 0 saturated heterocycles. The summed E-state index contributed by atoms with van der Waals surface area (Å²) in [4.78, 5) is 28.2. The van der Waals surface area contributed by atoms with E-state index in [9.17, 15) is 9.35 Å². The van der Waals surface area contributed by atoms with Crippen LogP contribution in [0.1, 0.15) is 25.0 Å². The highest BCUT2D eigenvalue weighted by molar-refractivity contribution is 7.90. The van der Waals surface area contributed by atoms with Crippen molar-refractivity contribution in [2.75, 3.05) is 36.0 Å². The zero-order chi connectivity index (χ0) is 24.1. The molecule has 0 spiro atoms. The number of rotatable bonds is 9. The molecule has 2 amide bonds. The molecule has 178 valence electrons. The SMILES string of the molecule is CCN(CC)CCN1C(=O)N(c2ccccc2Cl)Cc2cnc([S+]([O-])Cc3ccccc3)nc21. The van der Waals surface area contributed by atoms with Crippen LogP contribution in [0, 0.1) is 0 Å². The Morgan fingerprint density at radius 3 is 2.50 bits per heavy atom. The van der Waals surface area contributed by atoms with Gasteiger partial charge in [-0.15, -0.1) is 0 Å². The molecule has 1 aliphatic heterocycles. The van der Waals surface area contributed by atoms with Crippen molar-refractivity contribution in [2.45, 2.75) is 31.3 Å². The Kier molecular flexibility index (Phi) is 8.05. The maximum atomic E-state index is 13.6. The van der Waals surface area contributed by atoms with Crippen molar-refractivity contribution >= 4 is 40.3 Å². The minimum Gasteiger partial charge on any atom is -0.609 e. The van der Waals surface area contributed by atoms with Gasteiger partial charge in [0.05, 0.1) is 17.3 Å². The molecule has 34 heavy (non-hydrogen) atoms. The Bertz CT molecular complexity index is 1130. The molecule has 0 N–H and O–H groups in total. The van der Waals surface area contributed by atoms with Crippen molar-refractivity contribution in [1.82, 2.24) is 14.9 Å². The van der Waals surface area contributed by atoms with Crippen molar-refractivity contribution in [3.8, 4) is 0 Å². The lowest BCUT2D eigenvalue weighted by Crippen LogP contribution is -2.50. The molecule has 0 fully saturated rings. The average Bonchev–Trinajstić information content (AvgIpc) is 2.86. The van der Waals surface area contributed by atoms with E-state index in [-0.39, 0.29) is 11.2 Å². The second-order valence-corrected chi connectivity index (χ2v) is 9.73. The van der Waals surface area contributed by atoms with Crippen LogP contribution in [-0.4, -0.2) is 51.6 Å². The second-order valence-electron chi connectivity index (χ2n) is 7.98. The number of likely N-dealkylation sites (N-methyl/N-ethyl adjacent to an activating group) is 1. The van der Waals surface area contributed by atoms with E-state index in [1.165, 1.54) is 0 Å². The number of carbonyl (C=O) groups excluding carboxylic acids is 1. The van der Waals surface area contributed by atoms with E-state index >= 15 is 0 Å². The first-order valence-corrected chi connectivity index (χ1v) is 13.1. The van der Waals surface area contributed by atoms with Gasteiger partial charge in [-0.2, -0.15) is 9.97 Å². The lowest BCUT2D eigenvalue weighted by atomic mass is 10.2. The number of para-hydroxylation sites is 1. The number of anilines is 2. The van der Waals surface area contributed by atoms with Crippen LogP contribution in [0.25, 0.3) is 0 Å². The lowest BCUT2D eigenvalue weighted by molar-refractivity contribution is 0.247. The van der Waals surface area contributed by atoms with Gasteiger partial charge in [-0.1, -0.05) is 67.9 Å². The van der Waals surface area contributed by atoms with Gasteiger partial charge < -0.3 is 9.45 Å². The van der Waals surface area contributed by atoms with Gasteiger partial charge in [0.25, 0.3) is 0 Å². The summed E-state index contributed by atoms with van der Waals surface area (Å²) in [5.74, 6) is 0.838. The van der Waals surface area contributed by atoms with Crippen LogP contribution in [0.4, 0.5) is 16.3 Å². The molecule has 1 unspecified atom stereocenters. The Morgan fingerprint density at radius 2 is 1.79 bits per heavy atom. The van der Waals surface area contributed by atoms with Crippen LogP contribution in [0.2, 0.25) is 5.02 Å². The zero-order valence-corrected chi connectivity index (χ0v) is 20.9. The molecule has 9 heteroatoms. The molecule has 2 heterocycles. The predicted octanol–water partition coefficient (Wildman–Crippen LogP) is 4.73. The Labute approximate surface area is 208 Å². The highest BCUT2D eigenvalue weighted by Gasteiger charge is 2.35. The normalized spacial score (nSPS) is 14.4. The van der Waals surface area contributed by atoms with Gasteiger partial charge in [0.1, 0.15) is 11.6 Å². The number of halogens is 1. The number of amides is 2. The highest BCUT2D eigenvalue weighted by Crippen LogP contribution is 2.34. The highest BCUT2D eigenvalue weighted by atomic mass is 35.5. The van der Waals surface area contributed by atoms with E-state index in [4.69, 9.17) is 11.6 Å². The molecule has 0 saturated carbocycles. The van der Waals surface area contributed by atoms with Gasteiger partial charge in [0.15, 0.2) is 0 Å². The summed E-state index contributed by atoms with van der Waals surface area (Å²) in [6.07, 6.45) is 1.68. The largest absolute Gasteiger partial charge is 0.609 e. The Morgan fingerprint density at radius 1 is 1.09 bits per heavy atom. The van der Waals surface area contributed by atoms with E-state index in [1.807, 2.05) is 48.5 Å². The molecule has 4 rings (SSSR count). The molecule has 3 aromatic rings. The van der Waals surface area contributed by atoms with Crippen molar-refractivity contribution < 1.29 is 9.35 Å². The fourth-order valence-corrected chi connectivity index (χ4v) is 5.16. The second kappa shape index (κ2) is 11.2. The molecular weight excluding hydrogens is 470 g/mol. The number of fused-ring (bicyclic) bond motifs is 1. The molecule has 0 radical (unpaired) electrons. The van der Waals surface area contributed by atoms with Gasteiger partial charge in [-0.25, -0.2) is 4.79 Å². The third-order valence-corrected chi connectivity index (χ3v) is 7.41. The first kappa shape index (κ1) is 24.5. The first-order valence-electron chi connectivity index (χ1n) is 11.4. The summed E-state index contributed by atoms with van der Waals surface area (Å²) in [6, 6.07) is 16.7. The average molecular weight is 498 g/mol. The molecule has 1 aromatic heterocycles. The first-order chi connectivity index (χ1) is 16.5.